The average Bonchev–Trinajstić information content (AvgIpc) is 3.30. The molecule has 0 aromatic heterocycles. The molecule has 3 nitrogen and oxygen atoms in total. The van der Waals surface area contributed by atoms with Gasteiger partial charge in [0.1, 0.15) is 0 Å². The molecule has 0 fully saturated rings. The van der Waals surface area contributed by atoms with Gasteiger partial charge in [0, 0.05) is 19.8 Å². The van der Waals surface area contributed by atoms with Gasteiger partial charge in [-0.05, 0) is 73.0 Å². The number of rotatable bonds is 60. The van der Waals surface area contributed by atoms with Crippen LogP contribution in [0.1, 0.15) is 310 Å². The van der Waals surface area contributed by atoms with Crippen molar-refractivity contribution in [3.05, 3.63) is 0 Å². The highest BCUT2D eigenvalue weighted by Gasteiger charge is 2.21. The summed E-state index contributed by atoms with van der Waals surface area (Å²) in [6, 6.07) is 0. The van der Waals surface area contributed by atoms with Gasteiger partial charge in [0.05, 0.1) is 0 Å². The van der Waals surface area contributed by atoms with E-state index in [0.717, 1.165) is 39.1 Å². The minimum Gasteiger partial charge on any atom is -0.386 e. The Morgan fingerprint density at radius 2 is 0.359 bits per heavy atom. The number of unbranched alkanes of at least 4 members (excludes halogenated alkanes) is 39. The van der Waals surface area contributed by atoms with Crippen LogP contribution < -0.4 is 0 Å². The van der Waals surface area contributed by atoms with E-state index in [1.54, 1.807) is 0 Å². The molecule has 0 saturated heterocycles. The van der Waals surface area contributed by atoms with E-state index in [4.69, 9.17) is 14.0 Å². The van der Waals surface area contributed by atoms with E-state index in [0.29, 0.717) is 0 Å². The largest absolute Gasteiger partial charge is 0.639 e. The summed E-state index contributed by atoms with van der Waals surface area (Å²) in [4.78, 5) is 0. The Kier molecular flexibility index (Phi) is 63.0. The van der Waals surface area contributed by atoms with Gasteiger partial charge < -0.3 is 14.0 Å². The molecule has 0 amide bonds. The van der Waals surface area contributed by atoms with Gasteiger partial charge in [0.15, 0.2) is 0 Å². The third-order valence-corrected chi connectivity index (χ3v) is 16.5. The van der Waals surface area contributed by atoms with Crippen LogP contribution in [0.25, 0.3) is 0 Å². The summed E-state index contributed by atoms with van der Waals surface area (Å²) in [6.45, 7) is 9.12. The topological polar surface area (TPSA) is 27.7 Å². The molecule has 0 atom stereocenters. The maximum Gasteiger partial charge on any atom is 0.639 e. The summed E-state index contributed by atoms with van der Waals surface area (Å²) in [6.07, 6.45) is 63.5. The smallest absolute Gasteiger partial charge is 0.386 e. The van der Waals surface area contributed by atoms with Crippen LogP contribution in [0.3, 0.4) is 0 Å². The van der Waals surface area contributed by atoms with Crippen LogP contribution in [-0.4, -0.2) is 61.7 Å². The zero-order valence-electron chi connectivity index (χ0n) is 44.2. The van der Waals surface area contributed by atoms with Crippen LogP contribution >= 0.6 is 35.3 Å². The second kappa shape index (κ2) is 62.0. The van der Waals surface area contributed by atoms with Gasteiger partial charge in [-0.25, -0.2) is 0 Å². The lowest BCUT2D eigenvalue weighted by molar-refractivity contribution is 0.0940. The highest BCUT2D eigenvalue weighted by Crippen LogP contribution is 2.18. The standard InChI is InChI=1S/C57H117BO3S3/c1-4-7-10-13-16-19-22-25-28-31-34-37-40-43-52-62-55-46-49-59-58(60-50-47-56-63-53-44-41-38-35-32-29-26-23-20-17-14-11-8-5-2)61-51-48-57-64-54-45-42-39-36-33-30-27-24-21-18-15-12-9-6-3/h4-57H2,1-3H3. The van der Waals surface area contributed by atoms with Crippen molar-refractivity contribution in [2.24, 2.45) is 0 Å². The van der Waals surface area contributed by atoms with E-state index in [1.807, 2.05) is 0 Å². The van der Waals surface area contributed by atoms with Crippen molar-refractivity contribution < 1.29 is 14.0 Å². The molecule has 0 aliphatic carbocycles. The summed E-state index contributed by atoms with van der Waals surface area (Å²) in [7, 11) is -0.498. The molecule has 0 spiro atoms. The minimum atomic E-state index is -0.498. The number of thioether (sulfide) groups is 3. The van der Waals surface area contributed by atoms with Gasteiger partial charge in [-0.1, -0.05) is 271 Å². The first-order chi connectivity index (χ1) is 31.8. The molecule has 0 rings (SSSR count). The third kappa shape index (κ3) is 59.1. The molecule has 0 unspecified atom stereocenters. The van der Waals surface area contributed by atoms with Crippen LogP contribution in [-0.2, 0) is 14.0 Å². The Hall–Kier alpha value is 0.995. The molecule has 0 heterocycles. The van der Waals surface area contributed by atoms with Gasteiger partial charge in [0.2, 0.25) is 0 Å². The quantitative estimate of drug-likeness (QED) is 0.0445. The molecule has 7 heteroatoms. The molecule has 0 aromatic rings. The Balaban J connectivity index is 3.97. The highest BCUT2D eigenvalue weighted by molar-refractivity contribution is 7.99. The van der Waals surface area contributed by atoms with Crippen molar-refractivity contribution in [2.75, 3.05) is 54.3 Å². The van der Waals surface area contributed by atoms with Crippen LogP contribution in [0.4, 0.5) is 0 Å². The normalized spacial score (nSPS) is 11.7. The average molecular weight is 958 g/mol. The fraction of sp³-hybridized carbons (Fsp3) is 1.00. The van der Waals surface area contributed by atoms with Crippen molar-refractivity contribution in [1.82, 2.24) is 0 Å². The lowest BCUT2D eigenvalue weighted by Gasteiger charge is -2.15. The first kappa shape index (κ1) is 65.0. The molecule has 64 heavy (non-hydrogen) atoms. The third-order valence-electron chi connectivity index (χ3n) is 13.0. The predicted molar refractivity (Wildman–Crippen MR) is 300 cm³/mol. The van der Waals surface area contributed by atoms with Crippen molar-refractivity contribution >= 4 is 42.6 Å². The van der Waals surface area contributed by atoms with Gasteiger partial charge in [-0.3, -0.25) is 0 Å². The maximum atomic E-state index is 6.17. The monoisotopic (exact) mass is 957 g/mol. The van der Waals surface area contributed by atoms with Gasteiger partial charge in [-0.2, -0.15) is 35.3 Å². The molecular weight excluding hydrogens is 840 g/mol. The second-order valence-electron chi connectivity index (χ2n) is 19.6. The molecule has 0 saturated carbocycles. The lowest BCUT2D eigenvalue weighted by atomic mass is 10.0. The Morgan fingerprint density at radius 3 is 0.547 bits per heavy atom. The van der Waals surface area contributed by atoms with Crippen molar-refractivity contribution in [2.45, 2.75) is 310 Å². The summed E-state index contributed by atoms with van der Waals surface area (Å²) in [5.74, 6) is 7.42. The molecule has 0 bridgehead atoms. The van der Waals surface area contributed by atoms with E-state index in [-0.39, 0.29) is 0 Å². The summed E-state index contributed by atoms with van der Waals surface area (Å²) in [5, 5.41) is 0. The Morgan fingerprint density at radius 1 is 0.203 bits per heavy atom. The van der Waals surface area contributed by atoms with Crippen LogP contribution in [0, 0.1) is 0 Å². The molecular formula is C57H117BO3S3. The van der Waals surface area contributed by atoms with Gasteiger partial charge in [-0.15, -0.1) is 0 Å². The van der Waals surface area contributed by atoms with Crippen molar-refractivity contribution in [3.8, 4) is 0 Å². The van der Waals surface area contributed by atoms with E-state index in [9.17, 15) is 0 Å². The van der Waals surface area contributed by atoms with Crippen LogP contribution in [0.15, 0.2) is 0 Å². The summed E-state index contributed by atoms with van der Waals surface area (Å²) in [5.41, 5.74) is 0. The van der Waals surface area contributed by atoms with Crippen LogP contribution in [0.2, 0.25) is 0 Å². The van der Waals surface area contributed by atoms with E-state index >= 15 is 0 Å². The first-order valence-electron chi connectivity index (χ1n) is 29.4. The molecule has 0 aromatic carbocycles. The van der Waals surface area contributed by atoms with Crippen LogP contribution in [0.5, 0.6) is 0 Å². The molecule has 0 radical (unpaired) electrons. The second-order valence-corrected chi connectivity index (χ2v) is 23.3. The number of hydrogen-bond acceptors (Lipinski definition) is 6. The maximum absolute atomic E-state index is 6.17. The summed E-state index contributed by atoms with van der Waals surface area (Å²) < 4.78 is 18.5. The highest BCUT2D eigenvalue weighted by atomic mass is 32.2. The van der Waals surface area contributed by atoms with Gasteiger partial charge >= 0.3 is 7.32 Å². The molecule has 0 N–H and O–H groups in total. The molecule has 0 aliphatic rings. The fourth-order valence-corrected chi connectivity index (χ4v) is 11.5. The van der Waals surface area contributed by atoms with Crippen molar-refractivity contribution in [1.29, 1.82) is 0 Å². The molecule has 0 aliphatic heterocycles. The fourth-order valence-electron chi connectivity index (χ4n) is 8.67. The summed E-state index contributed by atoms with van der Waals surface area (Å²) >= 11 is 6.32. The van der Waals surface area contributed by atoms with E-state index in [1.165, 1.54) is 304 Å². The SMILES string of the molecule is CCCCCCCCCCCCCCCCSCCCOB(OCCCSCCCCCCCCCCCCCCCC)OCCCSCCCCCCCCCCCCCCCC. The minimum absolute atomic E-state index is 0.498. The van der Waals surface area contributed by atoms with Crippen molar-refractivity contribution in [3.63, 3.8) is 0 Å². The van der Waals surface area contributed by atoms with E-state index in [2.05, 4.69) is 56.1 Å². The predicted octanol–water partition coefficient (Wildman–Crippen LogP) is 20.8. The number of hydrogen-bond donors (Lipinski definition) is 0. The Labute approximate surface area is 418 Å². The Bertz CT molecular complexity index is 695. The zero-order chi connectivity index (χ0) is 46.0. The first-order valence-corrected chi connectivity index (χ1v) is 32.9. The van der Waals surface area contributed by atoms with E-state index < -0.39 is 7.32 Å². The molecule has 384 valence electrons. The van der Waals surface area contributed by atoms with Gasteiger partial charge in [0.25, 0.3) is 0 Å². The lowest BCUT2D eigenvalue weighted by Crippen LogP contribution is -2.29. The zero-order valence-corrected chi connectivity index (χ0v) is 46.7.